The van der Waals surface area contributed by atoms with Crippen molar-refractivity contribution in [1.82, 2.24) is 4.90 Å². The average molecular weight is 221 g/mol. The van der Waals surface area contributed by atoms with Crippen LogP contribution in [0.15, 0.2) is 23.8 Å². The molecular formula is C13H19NO2. The molecule has 0 aromatic carbocycles. The van der Waals surface area contributed by atoms with Crippen molar-refractivity contribution in [3.63, 3.8) is 0 Å². The van der Waals surface area contributed by atoms with Crippen molar-refractivity contribution in [2.75, 3.05) is 20.2 Å². The summed E-state index contributed by atoms with van der Waals surface area (Å²) in [6.07, 6.45) is 11.1. The minimum absolute atomic E-state index is 0.188. The molecule has 0 aromatic heterocycles. The van der Waals surface area contributed by atoms with E-state index in [2.05, 4.69) is 18.2 Å². The first-order valence-corrected chi connectivity index (χ1v) is 6.00. The van der Waals surface area contributed by atoms with E-state index >= 15 is 0 Å². The number of carbonyl (C=O) groups is 1. The van der Waals surface area contributed by atoms with E-state index in [4.69, 9.17) is 4.74 Å². The van der Waals surface area contributed by atoms with Crippen molar-refractivity contribution in [1.29, 1.82) is 0 Å². The Kier molecular flexibility index (Phi) is 3.65. The Balaban J connectivity index is 1.87. The molecule has 88 valence electrons. The van der Waals surface area contributed by atoms with Crippen molar-refractivity contribution in [2.45, 2.75) is 25.7 Å². The lowest BCUT2D eigenvalue weighted by atomic mass is 9.86. The Bertz CT molecular complexity index is 312. The third-order valence-electron chi connectivity index (χ3n) is 3.42. The van der Waals surface area contributed by atoms with E-state index < -0.39 is 0 Å². The lowest BCUT2D eigenvalue weighted by molar-refractivity contribution is 0.109. The quantitative estimate of drug-likeness (QED) is 0.681. The van der Waals surface area contributed by atoms with Gasteiger partial charge in [0.05, 0.1) is 7.11 Å². The molecule has 0 atom stereocenters. The molecule has 1 aliphatic heterocycles. The average Bonchev–Trinajstić information content (AvgIpc) is 2.39. The zero-order valence-electron chi connectivity index (χ0n) is 9.82. The zero-order chi connectivity index (χ0) is 11.4. The molecule has 0 aromatic rings. The molecule has 0 spiro atoms. The molecule has 3 heteroatoms. The fourth-order valence-electron chi connectivity index (χ4n) is 2.46. The van der Waals surface area contributed by atoms with Gasteiger partial charge in [0.2, 0.25) is 0 Å². The summed E-state index contributed by atoms with van der Waals surface area (Å²) >= 11 is 0. The standard InChI is InChI=1S/C13H19NO2/c1-16-13(15)14-9-7-12(8-10-14)11-5-3-2-4-6-11/h3,5-6,12H,2,4,7-10H2,1H3. The van der Waals surface area contributed by atoms with Gasteiger partial charge in [0.15, 0.2) is 0 Å². The molecule has 0 N–H and O–H groups in total. The number of hydrogen-bond donors (Lipinski definition) is 0. The van der Waals surface area contributed by atoms with Gasteiger partial charge in [0, 0.05) is 13.1 Å². The van der Waals surface area contributed by atoms with E-state index in [-0.39, 0.29) is 6.09 Å². The normalized spacial score (nSPS) is 21.8. The Morgan fingerprint density at radius 1 is 1.38 bits per heavy atom. The highest BCUT2D eigenvalue weighted by Crippen LogP contribution is 2.28. The van der Waals surface area contributed by atoms with Crippen LogP contribution in [-0.2, 0) is 4.74 Å². The highest BCUT2D eigenvalue weighted by atomic mass is 16.5. The summed E-state index contributed by atoms with van der Waals surface area (Å²) in [6, 6.07) is 0. The maximum Gasteiger partial charge on any atom is 0.409 e. The van der Waals surface area contributed by atoms with Gasteiger partial charge in [0.1, 0.15) is 0 Å². The van der Waals surface area contributed by atoms with Gasteiger partial charge in [-0.1, -0.05) is 18.2 Å². The molecule has 1 heterocycles. The highest BCUT2D eigenvalue weighted by molar-refractivity contribution is 5.67. The van der Waals surface area contributed by atoms with Gasteiger partial charge < -0.3 is 9.64 Å². The molecule has 0 saturated carbocycles. The molecule has 3 nitrogen and oxygen atoms in total. The zero-order valence-corrected chi connectivity index (χ0v) is 9.82. The van der Waals surface area contributed by atoms with Crippen molar-refractivity contribution in [3.8, 4) is 0 Å². The van der Waals surface area contributed by atoms with E-state index in [1.165, 1.54) is 25.5 Å². The Hall–Kier alpha value is -1.25. The van der Waals surface area contributed by atoms with E-state index in [0.717, 1.165) is 25.9 Å². The fourth-order valence-corrected chi connectivity index (χ4v) is 2.46. The molecule has 2 aliphatic rings. The Morgan fingerprint density at radius 3 is 2.69 bits per heavy atom. The van der Waals surface area contributed by atoms with Gasteiger partial charge in [-0.05, 0) is 37.2 Å². The first-order valence-electron chi connectivity index (χ1n) is 6.00. The number of nitrogens with zero attached hydrogens (tertiary/aromatic N) is 1. The highest BCUT2D eigenvalue weighted by Gasteiger charge is 2.24. The number of rotatable bonds is 1. The summed E-state index contributed by atoms with van der Waals surface area (Å²) in [4.78, 5) is 13.1. The number of piperidine rings is 1. The summed E-state index contributed by atoms with van der Waals surface area (Å²) in [6.45, 7) is 1.64. The van der Waals surface area contributed by atoms with E-state index in [9.17, 15) is 4.79 Å². The second-order valence-corrected chi connectivity index (χ2v) is 4.42. The summed E-state index contributed by atoms with van der Waals surface area (Å²) in [5.41, 5.74) is 1.47. The molecule has 0 unspecified atom stereocenters. The number of methoxy groups -OCH3 is 1. The van der Waals surface area contributed by atoms with Crippen LogP contribution < -0.4 is 0 Å². The lowest BCUT2D eigenvalue weighted by Crippen LogP contribution is -2.38. The molecule has 1 aliphatic carbocycles. The van der Waals surface area contributed by atoms with Crippen LogP contribution in [0.25, 0.3) is 0 Å². The van der Waals surface area contributed by atoms with Crippen molar-refractivity contribution < 1.29 is 9.53 Å². The van der Waals surface area contributed by atoms with Crippen LogP contribution in [0.1, 0.15) is 25.7 Å². The molecule has 16 heavy (non-hydrogen) atoms. The SMILES string of the molecule is COC(=O)N1CCC(C2=CCCC=C2)CC1. The number of ether oxygens (including phenoxy) is 1. The van der Waals surface area contributed by atoms with Crippen LogP contribution in [-0.4, -0.2) is 31.2 Å². The Morgan fingerprint density at radius 2 is 2.12 bits per heavy atom. The number of hydrogen-bond acceptors (Lipinski definition) is 2. The van der Waals surface area contributed by atoms with E-state index in [1.807, 2.05) is 0 Å². The van der Waals surface area contributed by atoms with Gasteiger partial charge in [-0.15, -0.1) is 0 Å². The third kappa shape index (κ3) is 2.46. The van der Waals surface area contributed by atoms with E-state index in [0.29, 0.717) is 5.92 Å². The second-order valence-electron chi connectivity index (χ2n) is 4.42. The first-order chi connectivity index (χ1) is 7.81. The lowest BCUT2D eigenvalue weighted by Gasteiger charge is -2.32. The molecule has 0 bridgehead atoms. The van der Waals surface area contributed by atoms with Crippen LogP contribution in [0.5, 0.6) is 0 Å². The summed E-state index contributed by atoms with van der Waals surface area (Å²) in [5.74, 6) is 0.637. The minimum atomic E-state index is -0.188. The molecule has 1 amide bonds. The van der Waals surface area contributed by atoms with Gasteiger partial charge in [-0.25, -0.2) is 4.79 Å². The third-order valence-corrected chi connectivity index (χ3v) is 3.42. The van der Waals surface area contributed by atoms with Gasteiger partial charge in [-0.3, -0.25) is 0 Å². The van der Waals surface area contributed by atoms with Crippen molar-refractivity contribution >= 4 is 6.09 Å². The van der Waals surface area contributed by atoms with Crippen LogP contribution >= 0.6 is 0 Å². The van der Waals surface area contributed by atoms with Crippen LogP contribution in [0.2, 0.25) is 0 Å². The van der Waals surface area contributed by atoms with Gasteiger partial charge >= 0.3 is 6.09 Å². The van der Waals surface area contributed by atoms with Crippen LogP contribution in [0.3, 0.4) is 0 Å². The summed E-state index contributed by atoms with van der Waals surface area (Å²) in [7, 11) is 1.45. The maximum absolute atomic E-state index is 11.3. The predicted molar refractivity (Wildman–Crippen MR) is 63.2 cm³/mol. The number of amides is 1. The molecule has 0 radical (unpaired) electrons. The second kappa shape index (κ2) is 5.19. The fraction of sp³-hybridized carbons (Fsp3) is 0.615. The summed E-state index contributed by atoms with van der Waals surface area (Å²) in [5, 5.41) is 0. The minimum Gasteiger partial charge on any atom is -0.453 e. The molecule has 1 fully saturated rings. The predicted octanol–water partition coefficient (Wildman–Crippen LogP) is 2.74. The Labute approximate surface area is 96.8 Å². The molecule has 2 rings (SSSR count). The number of likely N-dealkylation sites (tertiary alicyclic amines) is 1. The molecular weight excluding hydrogens is 202 g/mol. The molecule has 1 saturated heterocycles. The van der Waals surface area contributed by atoms with Gasteiger partial charge in [-0.2, -0.15) is 0 Å². The smallest absolute Gasteiger partial charge is 0.409 e. The van der Waals surface area contributed by atoms with Crippen LogP contribution in [0, 0.1) is 5.92 Å². The van der Waals surface area contributed by atoms with Crippen LogP contribution in [0.4, 0.5) is 4.79 Å². The maximum atomic E-state index is 11.3. The van der Waals surface area contributed by atoms with Crippen molar-refractivity contribution in [2.24, 2.45) is 5.92 Å². The topological polar surface area (TPSA) is 29.5 Å². The summed E-state index contributed by atoms with van der Waals surface area (Å²) < 4.78 is 4.73. The van der Waals surface area contributed by atoms with Gasteiger partial charge in [0.25, 0.3) is 0 Å². The number of carbonyl (C=O) groups excluding carboxylic acids is 1. The largest absolute Gasteiger partial charge is 0.453 e. The van der Waals surface area contributed by atoms with E-state index in [1.54, 1.807) is 4.90 Å². The van der Waals surface area contributed by atoms with Crippen molar-refractivity contribution in [3.05, 3.63) is 23.8 Å². The number of allylic oxidation sites excluding steroid dienone is 4. The monoisotopic (exact) mass is 221 g/mol. The first kappa shape index (κ1) is 11.2.